The summed E-state index contributed by atoms with van der Waals surface area (Å²) in [5.74, 6) is 0. The van der Waals surface area contributed by atoms with Gasteiger partial charge in [-0.1, -0.05) is 17.7 Å². The van der Waals surface area contributed by atoms with Crippen molar-refractivity contribution in [3.05, 3.63) is 53.1 Å². The number of hydrogen-bond donors (Lipinski definition) is 0. The van der Waals surface area contributed by atoms with Crippen LogP contribution >= 0.6 is 11.6 Å². The van der Waals surface area contributed by atoms with Gasteiger partial charge in [-0.15, -0.1) is 0 Å². The molecule has 6 heteroatoms. The lowest BCUT2D eigenvalue weighted by atomic mass is 10.1. The second-order valence-corrected chi connectivity index (χ2v) is 7.45. The molecule has 2 aromatic carbocycles. The zero-order valence-corrected chi connectivity index (χ0v) is 15.6. The van der Waals surface area contributed by atoms with E-state index in [0.29, 0.717) is 22.9 Å². The first-order valence-corrected chi connectivity index (χ1v) is 9.02. The molecular weight excluding hydrogens is 342 g/mol. The van der Waals surface area contributed by atoms with Crippen LogP contribution in [0.5, 0.6) is 0 Å². The van der Waals surface area contributed by atoms with Crippen LogP contribution in [0.4, 0.5) is 11.4 Å². The molecule has 1 unspecified atom stereocenters. The topological polar surface area (TPSA) is 47.3 Å². The summed E-state index contributed by atoms with van der Waals surface area (Å²) in [4.78, 5) is 2.72. The lowest BCUT2D eigenvalue weighted by Crippen LogP contribution is -2.23. The molecule has 0 saturated carbocycles. The van der Waals surface area contributed by atoms with Gasteiger partial charge in [0.1, 0.15) is 0 Å². The van der Waals surface area contributed by atoms with Crippen LogP contribution in [0.25, 0.3) is 0 Å². The van der Waals surface area contributed by atoms with Crippen LogP contribution < -0.4 is 9.21 Å². The van der Waals surface area contributed by atoms with Crippen LogP contribution in [0.1, 0.15) is 12.0 Å². The summed E-state index contributed by atoms with van der Waals surface area (Å²) in [6, 6.07) is 15.2. The van der Waals surface area contributed by atoms with Crippen LogP contribution in [0.2, 0.25) is 5.02 Å². The van der Waals surface area contributed by atoms with Crippen molar-refractivity contribution in [2.24, 2.45) is 0 Å². The summed E-state index contributed by atoms with van der Waals surface area (Å²) < 4.78 is 14.5. The van der Waals surface area contributed by atoms with Crippen molar-refractivity contribution >= 4 is 34.0 Å². The van der Waals surface area contributed by atoms with Gasteiger partial charge in [-0.3, -0.25) is 4.31 Å². The summed E-state index contributed by atoms with van der Waals surface area (Å²) in [5, 5.41) is 9.35. The van der Waals surface area contributed by atoms with Gasteiger partial charge >= 0.3 is 0 Å². The molecule has 0 spiro atoms. The quantitative estimate of drug-likeness (QED) is 0.776. The summed E-state index contributed by atoms with van der Waals surface area (Å²) in [6.45, 7) is 2.65. The van der Waals surface area contributed by atoms with E-state index in [9.17, 15) is 4.21 Å². The van der Waals surface area contributed by atoms with Crippen molar-refractivity contribution < 1.29 is 4.21 Å². The van der Waals surface area contributed by atoms with E-state index in [1.807, 2.05) is 44.1 Å². The Morgan fingerprint density at radius 2 is 1.83 bits per heavy atom. The highest BCUT2D eigenvalue weighted by Crippen LogP contribution is 2.28. The van der Waals surface area contributed by atoms with Crippen molar-refractivity contribution in [1.82, 2.24) is 0 Å². The molecule has 0 saturated heterocycles. The normalized spacial score (nSPS) is 11.6. The summed E-state index contributed by atoms with van der Waals surface area (Å²) in [7, 11) is 2.44. The second kappa shape index (κ2) is 8.18. The highest BCUT2D eigenvalue weighted by molar-refractivity contribution is 7.86. The Bertz CT molecular complexity index is 771. The number of aryl methyl sites for hydroxylation is 1. The maximum Gasteiger partial charge on any atom is 0.152 e. The minimum atomic E-state index is -1.32. The van der Waals surface area contributed by atoms with Crippen LogP contribution in [-0.2, 0) is 11.0 Å². The molecule has 4 nitrogen and oxygen atoms in total. The largest absolute Gasteiger partial charge is 0.374 e. The average Bonchev–Trinajstić information content (AvgIpc) is 2.59. The van der Waals surface area contributed by atoms with Crippen molar-refractivity contribution in [1.29, 1.82) is 5.26 Å². The zero-order valence-electron chi connectivity index (χ0n) is 14.0. The molecule has 0 amide bonds. The molecule has 0 fully saturated rings. The molecule has 0 aliphatic heterocycles. The number of anilines is 2. The van der Waals surface area contributed by atoms with Crippen LogP contribution in [0.3, 0.4) is 0 Å². The Balaban J connectivity index is 2.28. The first-order valence-electron chi connectivity index (χ1n) is 7.54. The van der Waals surface area contributed by atoms with E-state index in [2.05, 4.69) is 6.07 Å². The van der Waals surface area contributed by atoms with Crippen LogP contribution in [0, 0.1) is 18.3 Å². The predicted octanol–water partition coefficient (Wildman–Crippen LogP) is 4.16. The molecule has 126 valence electrons. The fraction of sp³-hybridized carbons (Fsp3) is 0.278. The van der Waals surface area contributed by atoms with E-state index >= 15 is 0 Å². The molecular formula is C18H20ClN3OS. The lowest BCUT2D eigenvalue weighted by Gasteiger charge is -2.24. The summed E-state index contributed by atoms with van der Waals surface area (Å²) in [6.07, 6.45) is 0.465. The third-order valence-corrected chi connectivity index (χ3v) is 5.42. The van der Waals surface area contributed by atoms with E-state index in [1.54, 1.807) is 28.6 Å². The van der Waals surface area contributed by atoms with Crippen molar-refractivity contribution in [2.75, 3.05) is 29.8 Å². The minimum Gasteiger partial charge on any atom is -0.374 e. The third kappa shape index (κ3) is 4.28. The van der Waals surface area contributed by atoms with Gasteiger partial charge in [-0.2, -0.15) is 5.26 Å². The SMILES string of the molecule is Cc1ccc(N(C)CCC#N)cc1N(C)S(=O)c1ccc(Cl)cc1. The first kappa shape index (κ1) is 18.3. The molecule has 0 aliphatic carbocycles. The molecule has 24 heavy (non-hydrogen) atoms. The Labute approximate surface area is 150 Å². The highest BCUT2D eigenvalue weighted by Gasteiger charge is 2.15. The Morgan fingerprint density at radius 1 is 1.17 bits per heavy atom. The number of nitriles is 1. The fourth-order valence-corrected chi connectivity index (χ4v) is 3.51. The molecule has 0 aliphatic rings. The molecule has 1 atom stereocenters. The van der Waals surface area contributed by atoms with Gasteiger partial charge in [0, 0.05) is 31.4 Å². The van der Waals surface area contributed by atoms with Gasteiger partial charge in [0.25, 0.3) is 0 Å². The van der Waals surface area contributed by atoms with E-state index < -0.39 is 11.0 Å². The maximum absolute atomic E-state index is 12.8. The summed E-state index contributed by atoms with van der Waals surface area (Å²) >= 11 is 5.89. The van der Waals surface area contributed by atoms with Crippen molar-refractivity contribution in [3.63, 3.8) is 0 Å². The van der Waals surface area contributed by atoms with Crippen molar-refractivity contribution in [3.8, 4) is 6.07 Å². The monoisotopic (exact) mass is 361 g/mol. The smallest absolute Gasteiger partial charge is 0.152 e. The average molecular weight is 362 g/mol. The fourth-order valence-electron chi connectivity index (χ4n) is 2.32. The number of halogens is 1. The highest BCUT2D eigenvalue weighted by atomic mass is 35.5. The van der Waals surface area contributed by atoms with Gasteiger partial charge in [0.05, 0.1) is 23.1 Å². The third-order valence-electron chi connectivity index (χ3n) is 3.80. The Hall–Kier alpha value is -2.03. The first-order chi connectivity index (χ1) is 11.4. The second-order valence-electron chi connectivity index (χ2n) is 5.50. The van der Waals surface area contributed by atoms with E-state index in [1.165, 1.54) is 0 Å². The minimum absolute atomic E-state index is 0.465. The maximum atomic E-state index is 12.8. The number of nitrogens with zero attached hydrogens (tertiary/aromatic N) is 3. The molecule has 2 aromatic rings. The molecule has 0 radical (unpaired) electrons. The van der Waals surface area contributed by atoms with Gasteiger partial charge in [-0.05, 0) is 48.9 Å². The van der Waals surface area contributed by atoms with E-state index in [0.717, 1.165) is 16.9 Å². The zero-order chi connectivity index (χ0) is 17.7. The van der Waals surface area contributed by atoms with Gasteiger partial charge in [0.15, 0.2) is 11.0 Å². The van der Waals surface area contributed by atoms with Gasteiger partial charge in [0.2, 0.25) is 0 Å². The Morgan fingerprint density at radius 3 is 2.46 bits per heavy atom. The molecule has 0 heterocycles. The summed E-state index contributed by atoms with van der Waals surface area (Å²) in [5.41, 5.74) is 2.92. The van der Waals surface area contributed by atoms with Gasteiger partial charge < -0.3 is 4.90 Å². The standard InChI is InChI=1S/C18H20ClN3OS/c1-14-5-8-16(21(2)12-4-11-20)13-18(14)22(3)24(23)17-9-6-15(19)7-10-17/h5-10,13H,4,12H2,1-3H3. The van der Waals surface area contributed by atoms with Crippen molar-refractivity contribution in [2.45, 2.75) is 18.2 Å². The van der Waals surface area contributed by atoms with Gasteiger partial charge in [-0.25, -0.2) is 4.21 Å². The molecule has 2 rings (SSSR count). The molecule has 0 aromatic heterocycles. The van der Waals surface area contributed by atoms with E-state index in [-0.39, 0.29) is 0 Å². The van der Waals surface area contributed by atoms with Crippen LogP contribution in [0.15, 0.2) is 47.4 Å². The Kier molecular flexibility index (Phi) is 6.24. The molecule has 0 bridgehead atoms. The molecule has 0 N–H and O–H groups in total. The number of benzene rings is 2. The predicted molar refractivity (Wildman–Crippen MR) is 101 cm³/mol. The van der Waals surface area contributed by atoms with Crippen LogP contribution in [-0.4, -0.2) is 24.8 Å². The lowest BCUT2D eigenvalue weighted by molar-refractivity contribution is 0.682. The number of hydrogen-bond acceptors (Lipinski definition) is 3. The van der Waals surface area contributed by atoms with E-state index in [4.69, 9.17) is 16.9 Å². The number of rotatable bonds is 6.